The predicted molar refractivity (Wildman–Crippen MR) is 48.7 cm³/mol. The molecule has 1 aromatic carbocycles. The van der Waals surface area contributed by atoms with E-state index in [9.17, 15) is 14.7 Å². The Morgan fingerprint density at radius 1 is 1.20 bits per heavy atom. The van der Waals surface area contributed by atoms with Gasteiger partial charge in [-0.3, -0.25) is 0 Å². The van der Waals surface area contributed by atoms with Crippen LogP contribution in [0.15, 0.2) is 18.2 Å². The van der Waals surface area contributed by atoms with Gasteiger partial charge in [0.25, 0.3) is 0 Å². The van der Waals surface area contributed by atoms with Crippen LogP contribution in [0.2, 0.25) is 0 Å². The number of carboxylic acids is 1. The lowest BCUT2D eigenvalue weighted by Crippen LogP contribution is -2.25. The second kappa shape index (κ2) is 4.45. The fraction of sp³-hybridized carbons (Fsp3) is 0.200. The molecular formula is C10H9O5-. The highest BCUT2D eigenvalue weighted by Gasteiger charge is 2.13. The Morgan fingerprint density at radius 2 is 1.87 bits per heavy atom. The van der Waals surface area contributed by atoms with Crippen LogP contribution in [0, 0.1) is 0 Å². The summed E-state index contributed by atoms with van der Waals surface area (Å²) in [6.45, 7) is 0. The number of carboxylic acid groups (broad SMARTS) is 1. The van der Waals surface area contributed by atoms with Gasteiger partial charge in [0.2, 0.25) is 0 Å². The summed E-state index contributed by atoms with van der Waals surface area (Å²) >= 11 is 0. The molecule has 0 saturated carbocycles. The lowest BCUT2D eigenvalue weighted by atomic mass is 10.1. The fourth-order valence-corrected chi connectivity index (χ4v) is 1.11. The molecule has 15 heavy (non-hydrogen) atoms. The Balaban J connectivity index is 3.27. The van der Waals surface area contributed by atoms with Gasteiger partial charge in [-0.25, -0.2) is 4.79 Å². The molecule has 0 saturated heterocycles. The highest BCUT2D eigenvalue weighted by molar-refractivity contribution is 6.01. The van der Waals surface area contributed by atoms with Gasteiger partial charge < -0.3 is 19.4 Å². The van der Waals surface area contributed by atoms with Crippen molar-refractivity contribution >= 4 is 11.9 Å². The molecule has 80 valence electrons. The molecule has 0 heterocycles. The topological polar surface area (TPSA) is 75.7 Å². The van der Waals surface area contributed by atoms with Crippen LogP contribution in [0.25, 0.3) is 0 Å². The average molecular weight is 209 g/mol. The zero-order valence-corrected chi connectivity index (χ0v) is 8.27. The minimum atomic E-state index is -1.45. The Morgan fingerprint density at radius 3 is 2.33 bits per heavy atom. The van der Waals surface area contributed by atoms with Crippen LogP contribution in [0.5, 0.6) is 5.75 Å². The number of ether oxygens (including phenoxy) is 2. The van der Waals surface area contributed by atoms with E-state index in [2.05, 4.69) is 4.74 Å². The highest BCUT2D eigenvalue weighted by Crippen LogP contribution is 2.17. The number of carbonyl (C=O) groups is 2. The van der Waals surface area contributed by atoms with Crippen LogP contribution in [-0.4, -0.2) is 26.2 Å². The maximum absolute atomic E-state index is 11.2. The number of aromatic carboxylic acids is 1. The SMILES string of the molecule is COC(=O)c1ccc(OC)cc1C(=O)[O-]. The molecule has 5 heteroatoms. The first kappa shape index (κ1) is 11.0. The van der Waals surface area contributed by atoms with Crippen molar-refractivity contribution in [2.24, 2.45) is 0 Å². The van der Waals surface area contributed by atoms with Crippen molar-refractivity contribution in [3.05, 3.63) is 29.3 Å². The number of methoxy groups -OCH3 is 2. The summed E-state index contributed by atoms with van der Waals surface area (Å²) in [5, 5.41) is 10.7. The van der Waals surface area contributed by atoms with Crippen molar-refractivity contribution in [1.82, 2.24) is 0 Å². The zero-order valence-electron chi connectivity index (χ0n) is 8.27. The third kappa shape index (κ3) is 2.25. The van der Waals surface area contributed by atoms with Crippen molar-refractivity contribution in [3.8, 4) is 5.75 Å². The molecule has 0 N–H and O–H groups in total. The standard InChI is InChI=1S/C10H10O5/c1-14-6-3-4-7(10(13)15-2)8(5-6)9(11)12/h3-5H,1-2H3,(H,11,12)/p-1. The van der Waals surface area contributed by atoms with Gasteiger partial charge in [0.15, 0.2) is 0 Å². The normalized spacial score (nSPS) is 9.47. The van der Waals surface area contributed by atoms with Crippen molar-refractivity contribution in [3.63, 3.8) is 0 Å². The van der Waals surface area contributed by atoms with Crippen molar-refractivity contribution in [1.29, 1.82) is 0 Å². The van der Waals surface area contributed by atoms with Crippen LogP contribution in [-0.2, 0) is 4.74 Å². The van der Waals surface area contributed by atoms with E-state index in [1.165, 1.54) is 32.4 Å². The third-order valence-electron chi connectivity index (χ3n) is 1.85. The Kier molecular flexibility index (Phi) is 3.28. The molecule has 5 nitrogen and oxygen atoms in total. The van der Waals surface area contributed by atoms with E-state index >= 15 is 0 Å². The van der Waals surface area contributed by atoms with Gasteiger partial charge in [0.05, 0.1) is 25.8 Å². The molecule has 0 aromatic heterocycles. The summed E-state index contributed by atoms with van der Waals surface area (Å²) in [7, 11) is 2.57. The van der Waals surface area contributed by atoms with Crippen molar-refractivity contribution in [2.75, 3.05) is 14.2 Å². The largest absolute Gasteiger partial charge is 0.545 e. The molecule has 0 atom stereocenters. The monoisotopic (exact) mass is 209 g/mol. The van der Waals surface area contributed by atoms with Crippen molar-refractivity contribution < 1.29 is 24.2 Å². The van der Waals surface area contributed by atoms with E-state index in [4.69, 9.17) is 4.74 Å². The quantitative estimate of drug-likeness (QED) is 0.647. The van der Waals surface area contributed by atoms with Gasteiger partial charge in [0, 0.05) is 5.56 Å². The molecule has 1 rings (SSSR count). The van der Waals surface area contributed by atoms with E-state index in [1.807, 2.05) is 0 Å². The molecule has 0 unspecified atom stereocenters. The van der Waals surface area contributed by atoms with Gasteiger partial charge >= 0.3 is 5.97 Å². The Hall–Kier alpha value is -2.04. The van der Waals surface area contributed by atoms with Crippen LogP contribution >= 0.6 is 0 Å². The fourth-order valence-electron chi connectivity index (χ4n) is 1.11. The molecule has 0 aliphatic carbocycles. The third-order valence-corrected chi connectivity index (χ3v) is 1.85. The first-order valence-corrected chi connectivity index (χ1v) is 4.08. The summed E-state index contributed by atoms with van der Waals surface area (Å²) in [5.41, 5.74) is -0.306. The summed E-state index contributed by atoms with van der Waals surface area (Å²) in [6, 6.07) is 4.00. The maximum atomic E-state index is 11.2. The van der Waals surface area contributed by atoms with Crippen LogP contribution < -0.4 is 9.84 Å². The molecule has 0 fully saturated rings. The lowest BCUT2D eigenvalue weighted by molar-refractivity contribution is -0.255. The van der Waals surface area contributed by atoms with Gasteiger partial charge in [0.1, 0.15) is 5.75 Å². The van der Waals surface area contributed by atoms with Gasteiger partial charge in [-0.05, 0) is 18.2 Å². The second-order valence-corrected chi connectivity index (χ2v) is 2.69. The number of esters is 1. The summed E-state index contributed by atoms with van der Waals surface area (Å²) in [4.78, 5) is 21.9. The molecule has 0 aliphatic heterocycles. The number of benzene rings is 1. The molecule has 0 radical (unpaired) electrons. The van der Waals surface area contributed by atoms with E-state index in [0.29, 0.717) is 5.75 Å². The minimum Gasteiger partial charge on any atom is -0.545 e. The van der Waals surface area contributed by atoms with E-state index in [0.717, 1.165) is 0 Å². The highest BCUT2D eigenvalue weighted by atomic mass is 16.5. The predicted octanol–water partition coefficient (Wildman–Crippen LogP) is -0.155. The molecule has 0 bridgehead atoms. The first-order valence-electron chi connectivity index (χ1n) is 4.08. The summed E-state index contributed by atoms with van der Waals surface area (Å²) < 4.78 is 9.26. The lowest BCUT2D eigenvalue weighted by Gasteiger charge is -2.10. The average Bonchev–Trinajstić information content (AvgIpc) is 2.27. The molecule has 0 spiro atoms. The Bertz CT molecular complexity index is 397. The summed E-state index contributed by atoms with van der Waals surface area (Å²) in [6.07, 6.45) is 0. The van der Waals surface area contributed by atoms with Gasteiger partial charge in [-0.2, -0.15) is 0 Å². The summed E-state index contributed by atoms with van der Waals surface area (Å²) in [5.74, 6) is -1.84. The van der Waals surface area contributed by atoms with Crippen LogP contribution in [0.3, 0.4) is 0 Å². The number of hydrogen-bond donors (Lipinski definition) is 0. The number of hydrogen-bond acceptors (Lipinski definition) is 5. The molecule has 1 aromatic rings. The first-order chi connectivity index (χ1) is 7.10. The molecule has 0 aliphatic rings. The minimum absolute atomic E-state index is 0.0571. The number of carbonyl (C=O) groups excluding carboxylic acids is 2. The van der Waals surface area contributed by atoms with Gasteiger partial charge in [-0.1, -0.05) is 0 Å². The van der Waals surface area contributed by atoms with E-state index < -0.39 is 11.9 Å². The van der Waals surface area contributed by atoms with E-state index in [1.54, 1.807) is 0 Å². The van der Waals surface area contributed by atoms with Crippen molar-refractivity contribution in [2.45, 2.75) is 0 Å². The second-order valence-electron chi connectivity index (χ2n) is 2.69. The smallest absolute Gasteiger partial charge is 0.338 e. The molecule has 0 amide bonds. The maximum Gasteiger partial charge on any atom is 0.338 e. The molecular weight excluding hydrogens is 200 g/mol. The van der Waals surface area contributed by atoms with Crippen LogP contribution in [0.1, 0.15) is 20.7 Å². The van der Waals surface area contributed by atoms with Gasteiger partial charge in [-0.15, -0.1) is 0 Å². The number of rotatable bonds is 3. The van der Waals surface area contributed by atoms with E-state index in [-0.39, 0.29) is 11.1 Å². The Labute approximate surface area is 86.2 Å². The van der Waals surface area contributed by atoms with Crippen LogP contribution in [0.4, 0.5) is 0 Å². The zero-order chi connectivity index (χ0) is 11.4.